The van der Waals surface area contributed by atoms with Crippen LogP contribution < -0.4 is 5.32 Å². The molecule has 2 rings (SSSR count). The highest BCUT2D eigenvalue weighted by Gasteiger charge is 2.44. The third kappa shape index (κ3) is 3.93. The number of thioether (sulfide) groups is 1. The van der Waals surface area contributed by atoms with Gasteiger partial charge in [-0.05, 0) is 32.6 Å². The van der Waals surface area contributed by atoms with E-state index in [-0.39, 0.29) is 29.3 Å². The summed E-state index contributed by atoms with van der Waals surface area (Å²) in [5, 5.41) is 3.18. The Balaban J connectivity index is 2.11. The van der Waals surface area contributed by atoms with Crippen LogP contribution in [-0.2, 0) is 9.59 Å². The van der Waals surface area contributed by atoms with Gasteiger partial charge in [-0.1, -0.05) is 26.2 Å². The maximum atomic E-state index is 12.4. The second-order valence-corrected chi connectivity index (χ2v) is 7.61. The molecule has 21 heavy (non-hydrogen) atoms. The molecule has 0 aromatic rings. The normalized spacial score (nSPS) is 27.1. The summed E-state index contributed by atoms with van der Waals surface area (Å²) in [6.07, 6.45) is 6.72. The zero-order chi connectivity index (χ0) is 15.4. The summed E-state index contributed by atoms with van der Waals surface area (Å²) in [6, 6.07) is -0.161. The molecule has 2 amide bonds. The van der Waals surface area contributed by atoms with Crippen LogP contribution in [0.4, 0.5) is 0 Å². The molecule has 2 atom stereocenters. The van der Waals surface area contributed by atoms with Crippen LogP contribution >= 0.6 is 11.8 Å². The molecule has 120 valence electrons. The molecule has 1 aliphatic heterocycles. The third-order valence-electron chi connectivity index (χ3n) is 4.41. The average molecular weight is 312 g/mol. The van der Waals surface area contributed by atoms with E-state index in [9.17, 15) is 9.59 Å². The van der Waals surface area contributed by atoms with Crippen LogP contribution in [-0.4, -0.2) is 39.9 Å². The van der Waals surface area contributed by atoms with Gasteiger partial charge in [0.1, 0.15) is 6.04 Å². The predicted molar refractivity (Wildman–Crippen MR) is 87.0 cm³/mol. The first-order chi connectivity index (χ1) is 10.0. The van der Waals surface area contributed by atoms with Gasteiger partial charge in [0.05, 0.1) is 5.37 Å². The van der Waals surface area contributed by atoms with E-state index in [1.807, 2.05) is 37.4 Å². The Bertz CT molecular complexity index is 380. The van der Waals surface area contributed by atoms with Crippen LogP contribution in [0, 0.1) is 5.92 Å². The molecule has 5 heteroatoms. The fourth-order valence-electron chi connectivity index (χ4n) is 3.39. The summed E-state index contributed by atoms with van der Waals surface area (Å²) in [5.74, 6) is 1.44. The van der Waals surface area contributed by atoms with E-state index in [4.69, 9.17) is 0 Å². The van der Waals surface area contributed by atoms with Crippen molar-refractivity contribution in [2.75, 3.05) is 5.75 Å². The summed E-state index contributed by atoms with van der Waals surface area (Å²) < 4.78 is 0. The molecule has 0 bridgehead atoms. The number of carbonyl (C=O) groups excluding carboxylic acids is 2. The van der Waals surface area contributed by atoms with Crippen molar-refractivity contribution in [1.82, 2.24) is 10.2 Å². The monoisotopic (exact) mass is 312 g/mol. The van der Waals surface area contributed by atoms with E-state index in [2.05, 4.69) is 5.32 Å². The lowest BCUT2D eigenvalue weighted by Gasteiger charge is -2.35. The number of hydrogen-bond donors (Lipinski definition) is 1. The highest BCUT2D eigenvalue weighted by molar-refractivity contribution is 8.00. The Labute approximate surface area is 132 Å². The van der Waals surface area contributed by atoms with Crippen molar-refractivity contribution in [3.63, 3.8) is 0 Å². The van der Waals surface area contributed by atoms with Gasteiger partial charge in [0.2, 0.25) is 11.8 Å². The molecule has 0 aromatic carbocycles. The molecular weight excluding hydrogens is 284 g/mol. The van der Waals surface area contributed by atoms with Crippen molar-refractivity contribution >= 4 is 23.6 Å². The Morgan fingerprint density at radius 1 is 1.24 bits per heavy atom. The fourth-order valence-corrected chi connectivity index (χ4v) is 5.05. The van der Waals surface area contributed by atoms with E-state index in [0.717, 1.165) is 5.75 Å². The van der Waals surface area contributed by atoms with Crippen molar-refractivity contribution in [3.8, 4) is 0 Å². The van der Waals surface area contributed by atoms with Gasteiger partial charge in [-0.3, -0.25) is 9.59 Å². The second kappa shape index (κ2) is 7.52. The molecular formula is C16H28N2O2S. The van der Waals surface area contributed by atoms with E-state index in [1.54, 1.807) is 0 Å². The van der Waals surface area contributed by atoms with Gasteiger partial charge in [0.15, 0.2) is 0 Å². The summed E-state index contributed by atoms with van der Waals surface area (Å²) >= 11 is 1.81. The zero-order valence-corrected chi connectivity index (χ0v) is 14.2. The molecule has 4 nitrogen and oxygen atoms in total. The lowest BCUT2D eigenvalue weighted by molar-refractivity contribution is -0.140. The minimum Gasteiger partial charge on any atom is -0.352 e. The van der Waals surface area contributed by atoms with Gasteiger partial charge >= 0.3 is 0 Å². The molecule has 2 fully saturated rings. The summed E-state index contributed by atoms with van der Waals surface area (Å²) in [4.78, 5) is 26.7. The van der Waals surface area contributed by atoms with Crippen LogP contribution in [0.25, 0.3) is 0 Å². The van der Waals surface area contributed by atoms with Gasteiger partial charge in [-0.25, -0.2) is 0 Å². The minimum absolute atomic E-state index is 0.0117. The summed E-state index contributed by atoms with van der Waals surface area (Å²) in [6.45, 7) is 5.82. The molecule has 1 saturated heterocycles. The van der Waals surface area contributed by atoms with Gasteiger partial charge in [0, 0.05) is 18.2 Å². The SMILES string of the molecule is CCC(=O)N1C(C(=O)NC(C)C)CSC1C1CCCCC1. The first kappa shape index (κ1) is 16.7. The number of hydrogen-bond acceptors (Lipinski definition) is 3. The van der Waals surface area contributed by atoms with E-state index < -0.39 is 0 Å². The largest absolute Gasteiger partial charge is 0.352 e. The molecule has 2 aliphatic rings. The number of nitrogens with zero attached hydrogens (tertiary/aromatic N) is 1. The fraction of sp³-hybridized carbons (Fsp3) is 0.875. The van der Waals surface area contributed by atoms with Crippen LogP contribution in [0.15, 0.2) is 0 Å². The van der Waals surface area contributed by atoms with Crippen molar-refractivity contribution < 1.29 is 9.59 Å². The van der Waals surface area contributed by atoms with Crippen molar-refractivity contribution in [2.45, 2.75) is 76.8 Å². The first-order valence-electron chi connectivity index (χ1n) is 8.27. The van der Waals surface area contributed by atoms with Gasteiger partial charge in [0.25, 0.3) is 0 Å². The van der Waals surface area contributed by atoms with E-state index in [1.165, 1.54) is 32.1 Å². The topological polar surface area (TPSA) is 49.4 Å². The Morgan fingerprint density at radius 2 is 1.90 bits per heavy atom. The number of carbonyl (C=O) groups is 2. The average Bonchev–Trinajstić information content (AvgIpc) is 2.91. The van der Waals surface area contributed by atoms with Crippen molar-refractivity contribution in [3.05, 3.63) is 0 Å². The zero-order valence-electron chi connectivity index (χ0n) is 13.4. The van der Waals surface area contributed by atoms with E-state index >= 15 is 0 Å². The highest BCUT2D eigenvalue weighted by atomic mass is 32.2. The molecule has 1 N–H and O–H groups in total. The third-order valence-corrected chi connectivity index (χ3v) is 5.87. The lowest BCUT2D eigenvalue weighted by atomic mass is 9.88. The first-order valence-corrected chi connectivity index (χ1v) is 9.32. The summed E-state index contributed by atoms with van der Waals surface area (Å²) in [5.41, 5.74) is 0. The van der Waals surface area contributed by atoms with Gasteiger partial charge in [-0.2, -0.15) is 0 Å². The maximum Gasteiger partial charge on any atom is 0.243 e. The molecule has 2 unspecified atom stereocenters. The standard InChI is InChI=1S/C16H28N2O2S/c1-4-14(19)18-13(15(20)17-11(2)3)10-21-16(18)12-8-6-5-7-9-12/h11-13,16H,4-10H2,1-3H3,(H,17,20). The number of amides is 2. The number of nitrogens with one attached hydrogen (secondary N) is 1. The Hall–Kier alpha value is -0.710. The van der Waals surface area contributed by atoms with Crippen LogP contribution in [0.5, 0.6) is 0 Å². The quantitative estimate of drug-likeness (QED) is 0.868. The summed E-state index contributed by atoms with van der Waals surface area (Å²) in [7, 11) is 0. The van der Waals surface area contributed by atoms with Crippen LogP contribution in [0.2, 0.25) is 0 Å². The van der Waals surface area contributed by atoms with Crippen molar-refractivity contribution in [2.24, 2.45) is 5.92 Å². The lowest BCUT2D eigenvalue weighted by Crippen LogP contribution is -2.52. The molecule has 0 radical (unpaired) electrons. The van der Waals surface area contributed by atoms with E-state index in [0.29, 0.717) is 12.3 Å². The smallest absolute Gasteiger partial charge is 0.243 e. The van der Waals surface area contributed by atoms with Crippen LogP contribution in [0.1, 0.15) is 59.3 Å². The molecule has 0 spiro atoms. The van der Waals surface area contributed by atoms with Crippen LogP contribution in [0.3, 0.4) is 0 Å². The predicted octanol–water partition coefficient (Wildman–Crippen LogP) is 2.77. The second-order valence-electron chi connectivity index (χ2n) is 6.46. The molecule has 0 aromatic heterocycles. The van der Waals surface area contributed by atoms with Crippen molar-refractivity contribution in [1.29, 1.82) is 0 Å². The highest BCUT2D eigenvalue weighted by Crippen LogP contribution is 2.40. The molecule has 1 aliphatic carbocycles. The maximum absolute atomic E-state index is 12.4. The minimum atomic E-state index is -0.281. The Morgan fingerprint density at radius 3 is 2.48 bits per heavy atom. The van der Waals surface area contributed by atoms with Gasteiger partial charge in [-0.15, -0.1) is 11.8 Å². The molecule has 1 saturated carbocycles. The Kier molecular flexibility index (Phi) is 5.97. The molecule has 1 heterocycles. The van der Waals surface area contributed by atoms with Gasteiger partial charge < -0.3 is 10.2 Å². The number of rotatable bonds is 4.